The molecule has 0 amide bonds. The molecule has 2 rings (SSSR count). The average molecular weight is 272 g/mol. The largest absolute Gasteiger partial charge is 0.493 e. The van der Waals surface area contributed by atoms with Crippen LogP contribution in [0, 0.1) is 12.7 Å². The number of hydrogen-bond acceptors (Lipinski definition) is 2. The Morgan fingerprint density at radius 2 is 1.90 bits per heavy atom. The van der Waals surface area contributed by atoms with E-state index >= 15 is 0 Å². The van der Waals surface area contributed by atoms with E-state index in [-0.39, 0.29) is 11.6 Å². The van der Waals surface area contributed by atoms with Crippen molar-refractivity contribution in [2.45, 2.75) is 19.8 Å². The summed E-state index contributed by atoms with van der Waals surface area (Å²) in [5.41, 5.74) is 1.31. The van der Waals surface area contributed by atoms with Gasteiger partial charge in [0.15, 0.2) is 5.78 Å². The summed E-state index contributed by atoms with van der Waals surface area (Å²) in [6.45, 7) is 2.11. The molecule has 0 aliphatic carbocycles. The van der Waals surface area contributed by atoms with E-state index in [2.05, 4.69) is 0 Å². The van der Waals surface area contributed by atoms with Gasteiger partial charge in [0.05, 0.1) is 6.61 Å². The second-order valence-electron chi connectivity index (χ2n) is 4.65. The van der Waals surface area contributed by atoms with Gasteiger partial charge in [0.2, 0.25) is 0 Å². The van der Waals surface area contributed by atoms with E-state index in [4.69, 9.17) is 4.74 Å². The van der Waals surface area contributed by atoms with E-state index in [9.17, 15) is 9.18 Å². The Hall–Kier alpha value is -2.16. The molecular weight excluding hydrogens is 255 g/mol. The molecule has 104 valence electrons. The summed E-state index contributed by atoms with van der Waals surface area (Å²) >= 11 is 0. The van der Waals surface area contributed by atoms with Crippen LogP contribution in [-0.2, 0) is 0 Å². The molecule has 0 radical (unpaired) electrons. The second-order valence-corrected chi connectivity index (χ2v) is 4.65. The van der Waals surface area contributed by atoms with Crippen LogP contribution in [0.4, 0.5) is 4.39 Å². The molecule has 2 aromatic carbocycles. The lowest BCUT2D eigenvalue weighted by Crippen LogP contribution is -2.04. The molecule has 0 N–H and O–H groups in total. The van der Waals surface area contributed by atoms with Crippen LogP contribution in [0.2, 0.25) is 0 Å². The number of carbonyl (C=O) groups is 1. The minimum absolute atomic E-state index is 0.101. The first-order valence-corrected chi connectivity index (χ1v) is 6.64. The SMILES string of the molecule is Cc1ccc(OCCCC(=O)c2ccccc2)cc1F. The predicted octanol–water partition coefficient (Wildman–Crippen LogP) is 4.18. The van der Waals surface area contributed by atoms with Crippen LogP contribution < -0.4 is 4.74 Å². The number of hydrogen-bond donors (Lipinski definition) is 0. The molecule has 0 bridgehead atoms. The number of carbonyl (C=O) groups excluding carboxylic acids is 1. The third kappa shape index (κ3) is 3.92. The minimum atomic E-state index is -0.275. The standard InChI is InChI=1S/C17H17FO2/c1-13-9-10-15(12-16(13)18)20-11-5-8-17(19)14-6-3-2-4-7-14/h2-4,6-7,9-10,12H,5,8,11H2,1H3. The zero-order valence-electron chi connectivity index (χ0n) is 11.4. The second kappa shape index (κ2) is 6.85. The third-order valence-corrected chi connectivity index (χ3v) is 3.06. The summed E-state index contributed by atoms with van der Waals surface area (Å²) < 4.78 is 18.7. The Balaban J connectivity index is 1.76. The molecule has 0 atom stereocenters. The first-order valence-electron chi connectivity index (χ1n) is 6.64. The van der Waals surface area contributed by atoms with E-state index in [1.165, 1.54) is 6.07 Å². The number of halogens is 1. The van der Waals surface area contributed by atoms with Crippen LogP contribution in [0.15, 0.2) is 48.5 Å². The van der Waals surface area contributed by atoms with Crippen LogP contribution in [0.1, 0.15) is 28.8 Å². The van der Waals surface area contributed by atoms with Crippen molar-refractivity contribution in [2.75, 3.05) is 6.61 Å². The molecule has 3 heteroatoms. The molecule has 20 heavy (non-hydrogen) atoms. The predicted molar refractivity (Wildman–Crippen MR) is 76.6 cm³/mol. The summed E-state index contributed by atoms with van der Waals surface area (Å²) in [5, 5.41) is 0. The highest BCUT2D eigenvalue weighted by Gasteiger charge is 2.05. The van der Waals surface area contributed by atoms with E-state index in [1.54, 1.807) is 31.2 Å². The van der Waals surface area contributed by atoms with Crippen molar-refractivity contribution in [3.8, 4) is 5.75 Å². The Bertz CT molecular complexity index is 579. The highest BCUT2D eigenvalue weighted by molar-refractivity contribution is 5.95. The lowest BCUT2D eigenvalue weighted by atomic mass is 10.1. The van der Waals surface area contributed by atoms with E-state index in [0.717, 1.165) is 0 Å². The van der Waals surface area contributed by atoms with E-state index in [1.807, 2.05) is 18.2 Å². The molecule has 0 fully saturated rings. The summed E-state index contributed by atoms with van der Waals surface area (Å²) in [7, 11) is 0. The van der Waals surface area contributed by atoms with Crippen molar-refractivity contribution in [1.29, 1.82) is 0 Å². The van der Waals surface area contributed by atoms with Gasteiger partial charge < -0.3 is 4.74 Å². The quantitative estimate of drug-likeness (QED) is 0.582. The maximum absolute atomic E-state index is 13.3. The zero-order valence-corrected chi connectivity index (χ0v) is 11.4. The van der Waals surface area contributed by atoms with Crippen molar-refractivity contribution < 1.29 is 13.9 Å². The van der Waals surface area contributed by atoms with Gasteiger partial charge in [-0.15, -0.1) is 0 Å². The van der Waals surface area contributed by atoms with Gasteiger partial charge in [-0.1, -0.05) is 36.4 Å². The highest BCUT2D eigenvalue weighted by Crippen LogP contribution is 2.16. The smallest absolute Gasteiger partial charge is 0.163 e. The molecular formula is C17H17FO2. The summed E-state index contributed by atoms with van der Waals surface area (Å²) in [6, 6.07) is 14.0. The monoisotopic (exact) mass is 272 g/mol. The molecule has 0 aromatic heterocycles. The van der Waals surface area contributed by atoms with Crippen molar-refractivity contribution in [3.05, 3.63) is 65.5 Å². The molecule has 0 aliphatic rings. The van der Waals surface area contributed by atoms with Crippen molar-refractivity contribution >= 4 is 5.78 Å². The third-order valence-electron chi connectivity index (χ3n) is 3.06. The summed E-state index contributed by atoms with van der Waals surface area (Å²) in [5.74, 6) is 0.326. The summed E-state index contributed by atoms with van der Waals surface area (Å²) in [6.07, 6.45) is 1.04. The van der Waals surface area contributed by atoms with Crippen molar-refractivity contribution in [2.24, 2.45) is 0 Å². The Labute approximate surface area is 118 Å². The zero-order chi connectivity index (χ0) is 14.4. The molecule has 2 aromatic rings. The molecule has 0 aliphatic heterocycles. The molecule has 0 saturated carbocycles. The van der Waals surface area contributed by atoms with Gasteiger partial charge >= 0.3 is 0 Å². The van der Waals surface area contributed by atoms with Crippen LogP contribution in [-0.4, -0.2) is 12.4 Å². The van der Waals surface area contributed by atoms with Gasteiger partial charge in [0.25, 0.3) is 0 Å². The molecule has 0 unspecified atom stereocenters. The normalized spacial score (nSPS) is 10.3. The molecule has 2 nitrogen and oxygen atoms in total. The van der Waals surface area contributed by atoms with Crippen LogP contribution in [0.25, 0.3) is 0 Å². The number of ether oxygens (including phenoxy) is 1. The molecule has 0 saturated heterocycles. The van der Waals surface area contributed by atoms with Gasteiger partial charge in [-0.2, -0.15) is 0 Å². The maximum atomic E-state index is 13.3. The Morgan fingerprint density at radius 3 is 2.60 bits per heavy atom. The van der Waals surface area contributed by atoms with E-state index < -0.39 is 0 Å². The minimum Gasteiger partial charge on any atom is -0.493 e. The van der Waals surface area contributed by atoms with Crippen LogP contribution >= 0.6 is 0 Å². The van der Waals surface area contributed by atoms with Gasteiger partial charge in [-0.3, -0.25) is 4.79 Å². The lowest BCUT2D eigenvalue weighted by Gasteiger charge is -2.07. The van der Waals surface area contributed by atoms with Crippen molar-refractivity contribution in [1.82, 2.24) is 0 Å². The average Bonchev–Trinajstić information content (AvgIpc) is 2.48. The summed E-state index contributed by atoms with van der Waals surface area (Å²) in [4.78, 5) is 11.8. The number of aryl methyl sites for hydroxylation is 1. The Morgan fingerprint density at radius 1 is 1.15 bits per heavy atom. The highest BCUT2D eigenvalue weighted by atomic mass is 19.1. The maximum Gasteiger partial charge on any atom is 0.163 e. The van der Waals surface area contributed by atoms with E-state index in [0.29, 0.717) is 36.3 Å². The fourth-order valence-corrected chi connectivity index (χ4v) is 1.85. The number of benzene rings is 2. The molecule has 0 heterocycles. The van der Waals surface area contributed by atoms with Gasteiger partial charge in [-0.05, 0) is 25.0 Å². The first kappa shape index (κ1) is 14.3. The fourth-order valence-electron chi connectivity index (χ4n) is 1.85. The number of Topliss-reactive ketones (excluding diaryl/α,β-unsaturated/α-hetero) is 1. The van der Waals surface area contributed by atoms with Crippen molar-refractivity contribution in [3.63, 3.8) is 0 Å². The lowest BCUT2D eigenvalue weighted by molar-refractivity contribution is 0.0973. The van der Waals surface area contributed by atoms with Crippen LogP contribution in [0.5, 0.6) is 5.75 Å². The van der Waals surface area contributed by atoms with Gasteiger partial charge in [0.1, 0.15) is 11.6 Å². The first-order chi connectivity index (χ1) is 9.66. The Kier molecular flexibility index (Phi) is 4.88. The topological polar surface area (TPSA) is 26.3 Å². The van der Waals surface area contributed by atoms with Gasteiger partial charge in [0, 0.05) is 18.1 Å². The van der Waals surface area contributed by atoms with Gasteiger partial charge in [-0.25, -0.2) is 4.39 Å². The molecule has 0 spiro atoms. The van der Waals surface area contributed by atoms with Crippen LogP contribution in [0.3, 0.4) is 0 Å². The number of ketones is 1. The number of rotatable bonds is 6. The fraction of sp³-hybridized carbons (Fsp3) is 0.235.